The number of piperazine rings is 1. The van der Waals surface area contributed by atoms with Crippen molar-refractivity contribution in [3.63, 3.8) is 0 Å². The standard InChI is InChI=1S/C27H30N4O3/c1-3-34-23-9-7-21(8-10-23)19-30-15-17-31(18-16-30)27(33)24-6-4-5-20(2)25(24)29-26(32)22-11-13-28-14-12-22/h4-14H,3,15-19H2,1-2H3,(H,29,32). The largest absolute Gasteiger partial charge is 0.494 e. The Balaban J connectivity index is 1.39. The summed E-state index contributed by atoms with van der Waals surface area (Å²) in [5.74, 6) is 0.562. The van der Waals surface area contributed by atoms with Gasteiger partial charge < -0.3 is 15.0 Å². The summed E-state index contributed by atoms with van der Waals surface area (Å²) in [6, 6.07) is 17.0. The van der Waals surface area contributed by atoms with Crippen LogP contribution in [-0.4, -0.2) is 59.4 Å². The van der Waals surface area contributed by atoms with Crippen LogP contribution >= 0.6 is 0 Å². The Morgan fingerprint density at radius 3 is 2.35 bits per heavy atom. The molecule has 1 aliphatic heterocycles. The van der Waals surface area contributed by atoms with Gasteiger partial charge in [0.2, 0.25) is 0 Å². The summed E-state index contributed by atoms with van der Waals surface area (Å²) in [6.07, 6.45) is 3.15. The molecule has 0 spiro atoms. The lowest BCUT2D eigenvalue weighted by Crippen LogP contribution is -2.48. The first-order chi connectivity index (χ1) is 16.5. The van der Waals surface area contributed by atoms with Gasteiger partial charge in [-0.15, -0.1) is 0 Å². The number of carbonyl (C=O) groups excluding carboxylic acids is 2. The van der Waals surface area contributed by atoms with E-state index in [9.17, 15) is 9.59 Å². The van der Waals surface area contributed by atoms with E-state index in [-0.39, 0.29) is 11.8 Å². The minimum Gasteiger partial charge on any atom is -0.494 e. The molecule has 0 radical (unpaired) electrons. The number of aromatic nitrogens is 1. The van der Waals surface area contributed by atoms with Crippen LogP contribution in [0.5, 0.6) is 5.75 Å². The Kier molecular flexibility index (Phi) is 7.54. The SMILES string of the molecule is CCOc1ccc(CN2CCN(C(=O)c3cccc(C)c3NC(=O)c3ccncc3)CC2)cc1. The lowest BCUT2D eigenvalue weighted by molar-refractivity contribution is 0.0629. The van der Waals surface area contributed by atoms with Crippen molar-refractivity contribution < 1.29 is 14.3 Å². The first kappa shape index (κ1) is 23.4. The Morgan fingerprint density at radius 2 is 1.68 bits per heavy atom. The maximum absolute atomic E-state index is 13.4. The van der Waals surface area contributed by atoms with E-state index in [1.54, 1.807) is 30.6 Å². The number of nitrogens with zero attached hydrogens (tertiary/aromatic N) is 3. The van der Waals surface area contributed by atoms with Gasteiger partial charge in [-0.25, -0.2) is 0 Å². The molecule has 1 saturated heterocycles. The number of rotatable bonds is 7. The van der Waals surface area contributed by atoms with E-state index in [0.29, 0.717) is 36.5 Å². The van der Waals surface area contributed by atoms with E-state index < -0.39 is 0 Å². The van der Waals surface area contributed by atoms with Crippen LogP contribution < -0.4 is 10.1 Å². The Hall–Kier alpha value is -3.71. The normalized spacial score (nSPS) is 14.0. The van der Waals surface area contributed by atoms with Crippen LogP contribution in [0.3, 0.4) is 0 Å². The molecular weight excluding hydrogens is 428 g/mol. The van der Waals surface area contributed by atoms with E-state index in [1.165, 1.54) is 5.56 Å². The number of amides is 2. The first-order valence-corrected chi connectivity index (χ1v) is 11.6. The van der Waals surface area contributed by atoms with E-state index in [0.717, 1.165) is 30.9 Å². The number of para-hydroxylation sites is 1. The van der Waals surface area contributed by atoms with Gasteiger partial charge in [0, 0.05) is 50.7 Å². The number of aryl methyl sites for hydroxylation is 1. The third-order valence-electron chi connectivity index (χ3n) is 5.98. The predicted octanol–water partition coefficient (Wildman–Crippen LogP) is 4.00. The van der Waals surface area contributed by atoms with Crippen LogP contribution in [0.4, 0.5) is 5.69 Å². The molecule has 1 fully saturated rings. The number of pyridine rings is 1. The first-order valence-electron chi connectivity index (χ1n) is 11.6. The molecule has 1 N–H and O–H groups in total. The molecule has 34 heavy (non-hydrogen) atoms. The van der Waals surface area contributed by atoms with Gasteiger partial charge in [-0.2, -0.15) is 0 Å². The molecule has 0 unspecified atom stereocenters. The van der Waals surface area contributed by atoms with Gasteiger partial charge in [0.05, 0.1) is 17.9 Å². The van der Waals surface area contributed by atoms with Crippen molar-refractivity contribution in [2.45, 2.75) is 20.4 Å². The van der Waals surface area contributed by atoms with Gasteiger partial charge in [-0.05, 0) is 55.3 Å². The van der Waals surface area contributed by atoms with Crippen molar-refractivity contribution in [1.29, 1.82) is 0 Å². The summed E-state index contributed by atoms with van der Waals surface area (Å²) in [5, 5.41) is 2.94. The maximum Gasteiger partial charge on any atom is 0.256 e. The van der Waals surface area contributed by atoms with Crippen molar-refractivity contribution in [2.75, 3.05) is 38.1 Å². The monoisotopic (exact) mass is 458 g/mol. The number of hydrogen-bond donors (Lipinski definition) is 1. The molecule has 4 rings (SSSR count). The average Bonchev–Trinajstić information content (AvgIpc) is 2.87. The molecular formula is C27H30N4O3. The number of benzene rings is 2. The topological polar surface area (TPSA) is 74.8 Å². The second-order valence-electron chi connectivity index (χ2n) is 8.33. The minimum absolute atomic E-state index is 0.0607. The third-order valence-corrected chi connectivity index (χ3v) is 5.98. The van der Waals surface area contributed by atoms with Crippen LogP contribution in [0.1, 0.15) is 38.8 Å². The molecule has 2 aromatic carbocycles. The Labute approximate surface area is 200 Å². The summed E-state index contributed by atoms with van der Waals surface area (Å²) in [4.78, 5) is 34.3. The predicted molar refractivity (Wildman–Crippen MR) is 132 cm³/mol. The lowest BCUT2D eigenvalue weighted by Gasteiger charge is -2.35. The van der Waals surface area contributed by atoms with Gasteiger partial charge in [0.15, 0.2) is 0 Å². The molecule has 7 nitrogen and oxygen atoms in total. The van der Waals surface area contributed by atoms with Crippen molar-refractivity contribution in [1.82, 2.24) is 14.8 Å². The summed E-state index contributed by atoms with van der Waals surface area (Å²) < 4.78 is 5.51. The van der Waals surface area contributed by atoms with Gasteiger partial charge in [-0.1, -0.05) is 24.3 Å². The van der Waals surface area contributed by atoms with Gasteiger partial charge in [0.25, 0.3) is 11.8 Å². The molecule has 0 atom stereocenters. The van der Waals surface area contributed by atoms with Crippen LogP contribution in [0.2, 0.25) is 0 Å². The molecule has 176 valence electrons. The zero-order valence-corrected chi connectivity index (χ0v) is 19.7. The van der Waals surface area contributed by atoms with Crippen molar-refractivity contribution in [2.24, 2.45) is 0 Å². The van der Waals surface area contributed by atoms with E-state index in [1.807, 2.05) is 43.0 Å². The zero-order valence-electron chi connectivity index (χ0n) is 19.7. The lowest BCUT2D eigenvalue weighted by atomic mass is 10.1. The number of carbonyl (C=O) groups is 2. The fourth-order valence-corrected chi connectivity index (χ4v) is 4.10. The fraction of sp³-hybridized carbons (Fsp3) is 0.296. The highest BCUT2D eigenvalue weighted by molar-refractivity contribution is 6.09. The fourth-order valence-electron chi connectivity index (χ4n) is 4.10. The maximum atomic E-state index is 13.4. The van der Waals surface area contributed by atoms with Crippen LogP contribution in [-0.2, 0) is 6.54 Å². The summed E-state index contributed by atoms with van der Waals surface area (Å²) in [6.45, 7) is 8.24. The second-order valence-corrected chi connectivity index (χ2v) is 8.33. The summed E-state index contributed by atoms with van der Waals surface area (Å²) >= 11 is 0. The number of anilines is 1. The average molecular weight is 459 g/mol. The molecule has 1 aliphatic rings. The van der Waals surface area contributed by atoms with Gasteiger partial charge in [-0.3, -0.25) is 19.5 Å². The van der Waals surface area contributed by atoms with Gasteiger partial charge >= 0.3 is 0 Å². The van der Waals surface area contributed by atoms with Gasteiger partial charge in [0.1, 0.15) is 5.75 Å². The molecule has 0 aliphatic carbocycles. The molecule has 0 saturated carbocycles. The van der Waals surface area contributed by atoms with Crippen LogP contribution in [0.25, 0.3) is 0 Å². The smallest absolute Gasteiger partial charge is 0.256 e. The van der Waals surface area contributed by atoms with Crippen molar-refractivity contribution >= 4 is 17.5 Å². The highest BCUT2D eigenvalue weighted by atomic mass is 16.5. The quantitative estimate of drug-likeness (QED) is 0.579. The van der Waals surface area contributed by atoms with Crippen LogP contribution in [0.15, 0.2) is 67.0 Å². The highest BCUT2D eigenvalue weighted by Crippen LogP contribution is 2.24. The Bertz CT molecular complexity index is 1120. The summed E-state index contributed by atoms with van der Waals surface area (Å²) in [5.41, 5.74) is 3.65. The van der Waals surface area contributed by atoms with E-state index in [4.69, 9.17) is 4.74 Å². The second kappa shape index (κ2) is 10.9. The highest BCUT2D eigenvalue weighted by Gasteiger charge is 2.25. The summed E-state index contributed by atoms with van der Waals surface area (Å²) in [7, 11) is 0. The van der Waals surface area contributed by atoms with E-state index in [2.05, 4.69) is 27.3 Å². The number of ether oxygens (including phenoxy) is 1. The molecule has 2 amide bonds. The number of hydrogen-bond acceptors (Lipinski definition) is 5. The number of nitrogens with one attached hydrogen (secondary N) is 1. The van der Waals surface area contributed by atoms with Crippen molar-refractivity contribution in [3.05, 3.63) is 89.2 Å². The van der Waals surface area contributed by atoms with Crippen molar-refractivity contribution in [3.8, 4) is 5.75 Å². The van der Waals surface area contributed by atoms with Crippen LogP contribution in [0, 0.1) is 6.92 Å². The Morgan fingerprint density at radius 1 is 0.971 bits per heavy atom. The molecule has 7 heteroatoms. The molecule has 0 bridgehead atoms. The molecule has 1 aromatic heterocycles. The van der Waals surface area contributed by atoms with E-state index >= 15 is 0 Å². The molecule has 3 aromatic rings. The molecule has 2 heterocycles. The zero-order chi connectivity index (χ0) is 23.9. The third kappa shape index (κ3) is 5.61. The minimum atomic E-state index is -0.258.